The first kappa shape index (κ1) is 14.1. The molecule has 0 fully saturated rings. The van der Waals surface area contributed by atoms with E-state index in [1.807, 2.05) is 30.3 Å². The Hall–Kier alpha value is -3.54. The molecule has 0 saturated heterocycles. The minimum absolute atomic E-state index is 0.445. The monoisotopic (exact) mass is 315 g/mol. The molecule has 6 nitrogen and oxygen atoms in total. The number of rotatable bonds is 3. The van der Waals surface area contributed by atoms with Crippen molar-refractivity contribution in [3.05, 3.63) is 66.7 Å². The highest BCUT2D eigenvalue weighted by Gasteiger charge is 2.16. The fourth-order valence-electron chi connectivity index (χ4n) is 2.80. The molecule has 0 aliphatic carbocycles. The highest BCUT2D eigenvalue weighted by Crippen LogP contribution is 2.35. The molecular formula is C18H13N5O. The molecule has 0 spiro atoms. The molecule has 3 N–H and O–H groups in total. The Morgan fingerprint density at radius 3 is 2.75 bits per heavy atom. The summed E-state index contributed by atoms with van der Waals surface area (Å²) in [6.45, 7) is 0. The van der Waals surface area contributed by atoms with Gasteiger partial charge < -0.3 is 5.73 Å². The average Bonchev–Trinajstić information content (AvgIpc) is 3.09. The number of nitrogens with one attached hydrogen (secondary N) is 1. The molecule has 3 heterocycles. The molecule has 1 aromatic carbocycles. The summed E-state index contributed by atoms with van der Waals surface area (Å²) in [4.78, 5) is 20.5. The second kappa shape index (κ2) is 5.58. The number of fused-ring (bicyclic) bond motifs is 1. The smallest absolute Gasteiger partial charge is 0.249 e. The van der Waals surface area contributed by atoms with Crippen molar-refractivity contribution in [2.45, 2.75) is 0 Å². The van der Waals surface area contributed by atoms with Crippen LogP contribution in [0.5, 0.6) is 0 Å². The van der Waals surface area contributed by atoms with Crippen molar-refractivity contribution in [1.82, 2.24) is 20.2 Å². The third-order valence-corrected chi connectivity index (χ3v) is 3.88. The number of amides is 1. The van der Waals surface area contributed by atoms with E-state index in [0.717, 1.165) is 27.6 Å². The number of benzene rings is 1. The molecule has 0 aliphatic rings. The topological polar surface area (TPSA) is 97.5 Å². The third kappa shape index (κ3) is 2.30. The van der Waals surface area contributed by atoms with Crippen molar-refractivity contribution < 1.29 is 4.79 Å². The third-order valence-electron chi connectivity index (χ3n) is 3.88. The van der Waals surface area contributed by atoms with E-state index < -0.39 is 5.91 Å². The number of aromatic nitrogens is 4. The minimum Gasteiger partial charge on any atom is -0.366 e. The molecule has 24 heavy (non-hydrogen) atoms. The van der Waals surface area contributed by atoms with Gasteiger partial charge in [0.2, 0.25) is 5.91 Å². The molecule has 0 aliphatic heterocycles. The van der Waals surface area contributed by atoms with E-state index in [-0.39, 0.29) is 0 Å². The first-order valence-corrected chi connectivity index (χ1v) is 7.37. The number of carbonyl (C=O) groups is 1. The largest absolute Gasteiger partial charge is 0.366 e. The molecule has 1 amide bonds. The van der Waals surface area contributed by atoms with Crippen LogP contribution in [0.15, 0.2) is 61.2 Å². The minimum atomic E-state index is -0.483. The van der Waals surface area contributed by atoms with Crippen LogP contribution < -0.4 is 5.73 Å². The number of H-pyrrole nitrogens is 1. The average molecular weight is 315 g/mol. The zero-order valence-electron chi connectivity index (χ0n) is 12.6. The van der Waals surface area contributed by atoms with Crippen molar-refractivity contribution in [3.8, 4) is 22.3 Å². The second-order valence-electron chi connectivity index (χ2n) is 5.37. The molecule has 0 bridgehead atoms. The second-order valence-corrected chi connectivity index (χ2v) is 5.37. The number of nitrogens with zero attached hydrogens (tertiary/aromatic N) is 3. The van der Waals surface area contributed by atoms with Crippen molar-refractivity contribution >= 4 is 16.9 Å². The molecule has 4 aromatic rings. The summed E-state index contributed by atoms with van der Waals surface area (Å²) in [5.74, 6) is -0.483. The summed E-state index contributed by atoms with van der Waals surface area (Å²) >= 11 is 0. The van der Waals surface area contributed by atoms with Gasteiger partial charge in [-0.05, 0) is 23.8 Å². The van der Waals surface area contributed by atoms with Gasteiger partial charge in [-0.15, -0.1) is 0 Å². The summed E-state index contributed by atoms with van der Waals surface area (Å²) in [7, 11) is 0. The van der Waals surface area contributed by atoms with E-state index >= 15 is 0 Å². The van der Waals surface area contributed by atoms with Gasteiger partial charge in [-0.3, -0.25) is 14.9 Å². The fourth-order valence-corrected chi connectivity index (χ4v) is 2.80. The summed E-state index contributed by atoms with van der Waals surface area (Å²) in [5.41, 5.74) is 10.1. The van der Waals surface area contributed by atoms with Crippen LogP contribution in [0.2, 0.25) is 0 Å². The van der Waals surface area contributed by atoms with Crippen LogP contribution in [0.3, 0.4) is 0 Å². The molecular weight excluding hydrogens is 302 g/mol. The Morgan fingerprint density at radius 1 is 1.04 bits per heavy atom. The molecule has 0 radical (unpaired) electrons. The van der Waals surface area contributed by atoms with E-state index in [9.17, 15) is 4.79 Å². The zero-order chi connectivity index (χ0) is 16.5. The number of hydrogen-bond acceptors (Lipinski definition) is 4. The Morgan fingerprint density at radius 2 is 1.96 bits per heavy atom. The van der Waals surface area contributed by atoms with Gasteiger partial charge in [0.15, 0.2) is 5.65 Å². The van der Waals surface area contributed by atoms with Crippen molar-refractivity contribution in [3.63, 3.8) is 0 Å². The zero-order valence-corrected chi connectivity index (χ0v) is 12.6. The number of aromatic amines is 1. The highest BCUT2D eigenvalue weighted by atomic mass is 16.1. The van der Waals surface area contributed by atoms with Crippen LogP contribution in [0.1, 0.15) is 10.4 Å². The van der Waals surface area contributed by atoms with E-state index in [1.54, 1.807) is 30.9 Å². The fraction of sp³-hybridized carbons (Fsp3) is 0. The van der Waals surface area contributed by atoms with Crippen LogP contribution in [0.4, 0.5) is 0 Å². The number of carbonyl (C=O) groups excluding carboxylic acids is 1. The Labute approximate surface area is 137 Å². The maximum absolute atomic E-state index is 12.0. The highest BCUT2D eigenvalue weighted by molar-refractivity contribution is 6.04. The lowest BCUT2D eigenvalue weighted by atomic mass is 9.91. The van der Waals surface area contributed by atoms with Crippen LogP contribution in [0.25, 0.3) is 33.3 Å². The standard InChI is InChI=1S/C18H13N5O/c19-17(24)15-5-1-4-14(11-3-2-6-20-8-11)16(15)12-7-13-10-22-23-18(13)21-9-12/h1-10H,(H2,19,24)(H,21,22,23). The lowest BCUT2D eigenvalue weighted by Crippen LogP contribution is -2.13. The molecule has 3 aromatic heterocycles. The summed E-state index contributed by atoms with van der Waals surface area (Å²) in [6.07, 6.45) is 6.87. The van der Waals surface area contributed by atoms with E-state index in [0.29, 0.717) is 11.2 Å². The number of primary amides is 1. The van der Waals surface area contributed by atoms with E-state index in [2.05, 4.69) is 20.2 Å². The SMILES string of the molecule is NC(=O)c1cccc(-c2cccnc2)c1-c1cnc2[nH]ncc2c1. The van der Waals surface area contributed by atoms with Gasteiger partial charge in [0.25, 0.3) is 0 Å². The lowest BCUT2D eigenvalue weighted by Gasteiger charge is -2.13. The number of hydrogen-bond donors (Lipinski definition) is 2. The molecule has 6 heteroatoms. The molecule has 4 rings (SSSR count). The van der Waals surface area contributed by atoms with E-state index in [1.165, 1.54) is 0 Å². The van der Waals surface area contributed by atoms with Gasteiger partial charge in [-0.25, -0.2) is 4.98 Å². The van der Waals surface area contributed by atoms with Crippen LogP contribution in [-0.2, 0) is 0 Å². The Balaban J connectivity index is 2.02. The van der Waals surface area contributed by atoms with Crippen molar-refractivity contribution in [2.75, 3.05) is 0 Å². The van der Waals surface area contributed by atoms with E-state index in [4.69, 9.17) is 5.73 Å². The van der Waals surface area contributed by atoms with Gasteiger partial charge in [0.1, 0.15) is 0 Å². The quantitative estimate of drug-likeness (QED) is 0.607. The van der Waals surface area contributed by atoms with Crippen LogP contribution >= 0.6 is 0 Å². The van der Waals surface area contributed by atoms with Gasteiger partial charge >= 0.3 is 0 Å². The molecule has 0 unspecified atom stereocenters. The van der Waals surface area contributed by atoms with Gasteiger partial charge in [0.05, 0.1) is 6.20 Å². The van der Waals surface area contributed by atoms with Crippen molar-refractivity contribution in [1.29, 1.82) is 0 Å². The predicted molar refractivity (Wildman–Crippen MR) is 91.1 cm³/mol. The first-order valence-electron chi connectivity index (χ1n) is 7.37. The molecule has 0 atom stereocenters. The van der Waals surface area contributed by atoms with Gasteiger partial charge in [-0.2, -0.15) is 5.10 Å². The van der Waals surface area contributed by atoms with Gasteiger partial charge in [-0.1, -0.05) is 18.2 Å². The summed E-state index contributed by atoms with van der Waals surface area (Å²) in [6, 6.07) is 11.2. The van der Waals surface area contributed by atoms with Gasteiger partial charge in [0, 0.05) is 46.2 Å². The maximum atomic E-state index is 12.0. The molecule has 0 saturated carbocycles. The Kier molecular flexibility index (Phi) is 3.28. The number of pyridine rings is 2. The Bertz CT molecular complexity index is 1040. The predicted octanol–water partition coefficient (Wildman–Crippen LogP) is 2.79. The van der Waals surface area contributed by atoms with Crippen LogP contribution in [-0.4, -0.2) is 26.1 Å². The maximum Gasteiger partial charge on any atom is 0.249 e. The van der Waals surface area contributed by atoms with Crippen LogP contribution in [0, 0.1) is 0 Å². The molecule has 116 valence electrons. The lowest BCUT2D eigenvalue weighted by molar-refractivity contribution is 0.100. The first-order chi connectivity index (χ1) is 11.7. The number of nitrogens with two attached hydrogens (primary N) is 1. The van der Waals surface area contributed by atoms with Crippen molar-refractivity contribution in [2.24, 2.45) is 5.73 Å². The summed E-state index contributed by atoms with van der Waals surface area (Å²) < 4.78 is 0. The summed E-state index contributed by atoms with van der Waals surface area (Å²) in [5, 5.41) is 7.67. The normalized spacial score (nSPS) is 10.8.